The highest BCUT2D eigenvalue weighted by Gasteiger charge is 2.18. The van der Waals surface area contributed by atoms with Crippen LogP contribution in [-0.2, 0) is 0 Å². The van der Waals surface area contributed by atoms with Crippen molar-refractivity contribution in [2.75, 3.05) is 26.5 Å². The van der Waals surface area contributed by atoms with Crippen LogP contribution in [-0.4, -0.2) is 26.5 Å². The van der Waals surface area contributed by atoms with Gasteiger partial charge < -0.3 is 10.1 Å². The summed E-state index contributed by atoms with van der Waals surface area (Å²) < 4.78 is 5.27. The van der Waals surface area contributed by atoms with Crippen molar-refractivity contribution in [3.63, 3.8) is 0 Å². The Balaban J connectivity index is 2.24. The molecule has 2 rings (SSSR count). The fourth-order valence-electron chi connectivity index (χ4n) is 2.29. The van der Waals surface area contributed by atoms with E-state index in [1.165, 1.54) is 23.3 Å². The van der Waals surface area contributed by atoms with Gasteiger partial charge in [-0.3, -0.25) is 0 Å². The zero-order valence-electron chi connectivity index (χ0n) is 9.95. The van der Waals surface area contributed by atoms with Gasteiger partial charge in [-0.15, -0.1) is 11.8 Å². The van der Waals surface area contributed by atoms with Crippen molar-refractivity contribution in [1.29, 1.82) is 0 Å². The van der Waals surface area contributed by atoms with Gasteiger partial charge in [0.05, 0.1) is 7.11 Å². The van der Waals surface area contributed by atoms with Crippen LogP contribution in [0.5, 0.6) is 5.75 Å². The fraction of sp³-hybridized carbons (Fsp3) is 0.538. The number of hydrogen-bond donors (Lipinski definition) is 1. The van der Waals surface area contributed by atoms with Crippen LogP contribution in [0.1, 0.15) is 24.3 Å². The van der Waals surface area contributed by atoms with Crippen molar-refractivity contribution in [3.05, 3.63) is 23.8 Å². The molecule has 88 valence electrons. The lowest BCUT2D eigenvalue weighted by molar-refractivity contribution is 0.412. The van der Waals surface area contributed by atoms with Crippen LogP contribution >= 0.6 is 11.8 Å². The van der Waals surface area contributed by atoms with Gasteiger partial charge in [0.15, 0.2) is 0 Å². The first-order valence-corrected chi connectivity index (χ1v) is 7.00. The van der Waals surface area contributed by atoms with Crippen molar-refractivity contribution < 1.29 is 4.74 Å². The van der Waals surface area contributed by atoms with E-state index in [9.17, 15) is 0 Å². The number of thioether (sulfide) groups is 1. The van der Waals surface area contributed by atoms with E-state index in [0.717, 1.165) is 24.8 Å². The summed E-state index contributed by atoms with van der Waals surface area (Å²) in [6, 6.07) is 6.47. The molecule has 3 heteroatoms. The first-order valence-electron chi connectivity index (χ1n) is 5.78. The maximum absolute atomic E-state index is 5.27. The summed E-state index contributed by atoms with van der Waals surface area (Å²) in [5.74, 6) is 1.68. The van der Waals surface area contributed by atoms with Gasteiger partial charge in [0.25, 0.3) is 0 Å². The van der Waals surface area contributed by atoms with Crippen LogP contribution in [0.3, 0.4) is 0 Å². The zero-order valence-corrected chi connectivity index (χ0v) is 10.8. The molecule has 2 nitrogen and oxygen atoms in total. The molecule has 1 fully saturated rings. The van der Waals surface area contributed by atoms with E-state index in [1.54, 1.807) is 7.11 Å². The van der Waals surface area contributed by atoms with E-state index in [0.29, 0.717) is 0 Å². The first-order chi connectivity index (χ1) is 7.85. The summed E-state index contributed by atoms with van der Waals surface area (Å²) >= 11 is 1.82. The van der Waals surface area contributed by atoms with Gasteiger partial charge >= 0.3 is 0 Å². The minimum atomic E-state index is 0.717. The smallest absolute Gasteiger partial charge is 0.119 e. The van der Waals surface area contributed by atoms with E-state index in [1.807, 2.05) is 11.8 Å². The summed E-state index contributed by atoms with van der Waals surface area (Å²) in [5.41, 5.74) is 1.50. The predicted molar refractivity (Wildman–Crippen MR) is 69.6 cm³/mol. The van der Waals surface area contributed by atoms with Crippen LogP contribution in [0.25, 0.3) is 0 Å². The normalized spacial score (nSPS) is 17.4. The summed E-state index contributed by atoms with van der Waals surface area (Å²) in [6.07, 6.45) is 4.64. The van der Waals surface area contributed by atoms with E-state index in [-0.39, 0.29) is 0 Å². The lowest BCUT2D eigenvalue weighted by Gasteiger charge is -2.25. The van der Waals surface area contributed by atoms with E-state index < -0.39 is 0 Å². The number of piperidine rings is 1. The summed E-state index contributed by atoms with van der Waals surface area (Å²) in [5, 5.41) is 3.41. The van der Waals surface area contributed by atoms with Gasteiger partial charge in [-0.25, -0.2) is 0 Å². The van der Waals surface area contributed by atoms with Crippen molar-refractivity contribution in [1.82, 2.24) is 5.32 Å². The second kappa shape index (κ2) is 5.60. The molecule has 0 aromatic heterocycles. The lowest BCUT2D eigenvalue weighted by Crippen LogP contribution is -2.26. The average molecular weight is 237 g/mol. The Morgan fingerprint density at radius 3 is 2.69 bits per heavy atom. The minimum Gasteiger partial charge on any atom is -0.497 e. The van der Waals surface area contributed by atoms with Crippen LogP contribution in [0.2, 0.25) is 0 Å². The topological polar surface area (TPSA) is 21.3 Å². The van der Waals surface area contributed by atoms with Crippen LogP contribution in [0.15, 0.2) is 23.1 Å². The molecule has 1 N–H and O–H groups in total. The Morgan fingerprint density at radius 2 is 2.06 bits per heavy atom. The van der Waals surface area contributed by atoms with Crippen molar-refractivity contribution in [2.24, 2.45) is 0 Å². The standard InChI is InChI=1S/C13H19NOS/c1-15-11-3-4-12(13(9-11)16-2)10-5-7-14-8-6-10/h3-4,9-10,14H,5-8H2,1-2H3. The highest BCUT2D eigenvalue weighted by molar-refractivity contribution is 7.98. The molecule has 0 spiro atoms. The number of ether oxygens (including phenoxy) is 1. The van der Waals surface area contributed by atoms with Gasteiger partial charge in [-0.2, -0.15) is 0 Å². The molecular formula is C13H19NOS. The third-order valence-corrected chi connectivity index (χ3v) is 4.01. The van der Waals surface area contributed by atoms with Crippen molar-refractivity contribution in [3.8, 4) is 5.75 Å². The number of rotatable bonds is 3. The quantitative estimate of drug-likeness (QED) is 0.817. The van der Waals surface area contributed by atoms with Crippen LogP contribution in [0.4, 0.5) is 0 Å². The fourth-order valence-corrected chi connectivity index (χ4v) is 2.99. The second-order valence-electron chi connectivity index (χ2n) is 4.13. The number of methoxy groups -OCH3 is 1. The molecule has 0 bridgehead atoms. The van der Waals surface area contributed by atoms with Gasteiger partial charge in [0.2, 0.25) is 0 Å². The molecule has 0 unspecified atom stereocenters. The molecule has 1 heterocycles. The molecule has 0 aliphatic carbocycles. The zero-order chi connectivity index (χ0) is 11.4. The molecule has 0 saturated carbocycles. The molecule has 0 amide bonds. The number of nitrogens with one attached hydrogen (secondary N) is 1. The third-order valence-electron chi connectivity index (χ3n) is 3.22. The Labute approximate surface area is 102 Å². The summed E-state index contributed by atoms with van der Waals surface area (Å²) in [6.45, 7) is 2.29. The molecule has 1 aromatic carbocycles. The monoisotopic (exact) mass is 237 g/mol. The van der Waals surface area contributed by atoms with Crippen LogP contribution < -0.4 is 10.1 Å². The van der Waals surface area contributed by atoms with Crippen LogP contribution in [0, 0.1) is 0 Å². The van der Waals surface area contributed by atoms with Gasteiger partial charge in [0.1, 0.15) is 5.75 Å². The molecule has 1 aliphatic rings. The molecule has 0 atom stereocenters. The molecule has 1 saturated heterocycles. The SMILES string of the molecule is COc1ccc(C2CCNCC2)c(SC)c1. The maximum atomic E-state index is 5.27. The second-order valence-corrected chi connectivity index (χ2v) is 4.98. The Bertz CT molecular complexity index is 348. The van der Waals surface area contributed by atoms with Gasteiger partial charge in [0, 0.05) is 4.90 Å². The maximum Gasteiger partial charge on any atom is 0.119 e. The minimum absolute atomic E-state index is 0.717. The van der Waals surface area contributed by atoms with Gasteiger partial charge in [-0.05, 0) is 55.8 Å². The third kappa shape index (κ3) is 2.53. The highest BCUT2D eigenvalue weighted by atomic mass is 32.2. The number of benzene rings is 1. The molecule has 0 radical (unpaired) electrons. The molecule has 1 aromatic rings. The molecule has 16 heavy (non-hydrogen) atoms. The predicted octanol–water partition coefficient (Wildman–Crippen LogP) is 2.88. The first kappa shape index (κ1) is 11.8. The van der Waals surface area contributed by atoms with E-state index in [2.05, 4.69) is 29.8 Å². The Kier molecular flexibility index (Phi) is 4.13. The van der Waals surface area contributed by atoms with Crippen molar-refractivity contribution >= 4 is 11.8 Å². The summed E-state index contributed by atoms with van der Waals surface area (Å²) in [4.78, 5) is 1.37. The summed E-state index contributed by atoms with van der Waals surface area (Å²) in [7, 11) is 1.73. The van der Waals surface area contributed by atoms with Gasteiger partial charge in [-0.1, -0.05) is 6.07 Å². The van der Waals surface area contributed by atoms with E-state index >= 15 is 0 Å². The Hall–Kier alpha value is -0.670. The highest BCUT2D eigenvalue weighted by Crippen LogP contribution is 2.34. The van der Waals surface area contributed by atoms with Crippen molar-refractivity contribution in [2.45, 2.75) is 23.7 Å². The largest absolute Gasteiger partial charge is 0.497 e. The van der Waals surface area contributed by atoms with E-state index in [4.69, 9.17) is 4.74 Å². The molecule has 1 aliphatic heterocycles. The Morgan fingerprint density at radius 1 is 1.31 bits per heavy atom. The lowest BCUT2D eigenvalue weighted by atomic mass is 9.90. The number of hydrogen-bond acceptors (Lipinski definition) is 3. The average Bonchev–Trinajstić information content (AvgIpc) is 2.39. The molecular weight excluding hydrogens is 218 g/mol.